The van der Waals surface area contributed by atoms with Crippen LogP contribution in [0.2, 0.25) is 10.0 Å². The number of rotatable bonds is 9. The fourth-order valence-electron chi connectivity index (χ4n) is 5.90. The van der Waals surface area contributed by atoms with Crippen LogP contribution in [0.25, 0.3) is 22.0 Å². The van der Waals surface area contributed by atoms with Gasteiger partial charge < -0.3 is 24.8 Å². The molecule has 0 aliphatic heterocycles. The van der Waals surface area contributed by atoms with Crippen molar-refractivity contribution in [2.24, 2.45) is 11.8 Å². The van der Waals surface area contributed by atoms with Crippen LogP contribution in [-0.2, 0) is 4.79 Å². The number of amides is 1. The molecule has 3 unspecified atom stereocenters. The Morgan fingerprint density at radius 2 is 1.65 bits per heavy atom. The molecule has 2 aliphatic carbocycles. The maximum absolute atomic E-state index is 12.1. The van der Waals surface area contributed by atoms with Crippen molar-refractivity contribution in [3.63, 3.8) is 0 Å². The zero-order valence-corrected chi connectivity index (χ0v) is 24.4. The fraction of sp³-hybridized carbons (Fsp3) is 0.433. The zero-order chi connectivity index (χ0) is 28.4. The van der Waals surface area contributed by atoms with Crippen LogP contribution in [0.5, 0.6) is 17.2 Å². The Bertz CT molecular complexity index is 1400. The van der Waals surface area contributed by atoms with E-state index in [0.29, 0.717) is 55.8 Å². The van der Waals surface area contributed by atoms with Gasteiger partial charge in [-0.1, -0.05) is 49.0 Å². The molecule has 0 radical (unpaired) electrons. The van der Waals surface area contributed by atoms with Gasteiger partial charge in [0.2, 0.25) is 11.9 Å². The molecular formula is C30H34Cl2N4O4. The molecule has 2 aliphatic rings. The number of benzene rings is 2. The minimum Gasteiger partial charge on any atom is -0.496 e. The summed E-state index contributed by atoms with van der Waals surface area (Å²) in [5.74, 6) is 3.15. The number of hydrogen-bond acceptors (Lipinski definition) is 7. The second-order valence-corrected chi connectivity index (χ2v) is 11.2. The van der Waals surface area contributed by atoms with Gasteiger partial charge in [0.15, 0.2) is 0 Å². The third kappa shape index (κ3) is 5.52. The van der Waals surface area contributed by atoms with Gasteiger partial charge in [0, 0.05) is 46.9 Å². The standard InChI is InChI=1S/C30H34Cl2N4O4/c1-5-26(37)34-20-10-9-17(16-7-6-8-16)12-22(20)36-30-33-15-18-11-19(23(38-2)13-21(18)35-30)27-28(31)24(39-3)14-25(40-4)29(27)32/h5,11,13-17,20,22H,1,6-10,12H2,2-4H3,(H,34,37)(H,33,35,36). The molecule has 0 bridgehead atoms. The molecule has 8 nitrogen and oxygen atoms in total. The first-order valence-electron chi connectivity index (χ1n) is 13.5. The Kier molecular flexibility index (Phi) is 8.57. The number of halogens is 2. The summed E-state index contributed by atoms with van der Waals surface area (Å²) in [5.41, 5.74) is 1.89. The maximum Gasteiger partial charge on any atom is 0.243 e. The van der Waals surface area contributed by atoms with Crippen LogP contribution in [0.15, 0.2) is 37.1 Å². The molecule has 1 aromatic heterocycles. The van der Waals surface area contributed by atoms with Crippen LogP contribution in [0, 0.1) is 11.8 Å². The van der Waals surface area contributed by atoms with Gasteiger partial charge in [-0.05, 0) is 43.2 Å². The van der Waals surface area contributed by atoms with E-state index in [1.165, 1.54) is 39.6 Å². The minimum atomic E-state index is -0.165. The van der Waals surface area contributed by atoms with Gasteiger partial charge in [-0.25, -0.2) is 9.97 Å². The Morgan fingerprint density at radius 3 is 2.25 bits per heavy atom. The molecule has 212 valence electrons. The highest BCUT2D eigenvalue weighted by atomic mass is 35.5. The number of hydrogen-bond donors (Lipinski definition) is 2. The average molecular weight is 586 g/mol. The molecule has 1 heterocycles. The van der Waals surface area contributed by atoms with Crippen LogP contribution in [0.3, 0.4) is 0 Å². The monoisotopic (exact) mass is 584 g/mol. The van der Waals surface area contributed by atoms with Crippen molar-refractivity contribution >= 4 is 46.0 Å². The van der Waals surface area contributed by atoms with E-state index in [1.54, 1.807) is 19.4 Å². The Hall–Kier alpha value is -3.23. The average Bonchev–Trinajstić information content (AvgIpc) is 2.93. The molecule has 40 heavy (non-hydrogen) atoms. The third-order valence-electron chi connectivity index (χ3n) is 8.28. The largest absolute Gasteiger partial charge is 0.496 e. The van der Waals surface area contributed by atoms with E-state index in [9.17, 15) is 4.79 Å². The predicted molar refractivity (Wildman–Crippen MR) is 159 cm³/mol. The Labute approximate surface area is 244 Å². The molecule has 2 N–H and O–H groups in total. The van der Waals surface area contributed by atoms with Crippen molar-refractivity contribution in [2.75, 3.05) is 26.6 Å². The van der Waals surface area contributed by atoms with Crippen LogP contribution in [-0.4, -0.2) is 49.3 Å². The lowest BCUT2D eigenvalue weighted by Gasteiger charge is -2.42. The van der Waals surface area contributed by atoms with E-state index in [2.05, 4.69) is 22.2 Å². The maximum atomic E-state index is 12.1. The lowest BCUT2D eigenvalue weighted by atomic mass is 9.68. The van der Waals surface area contributed by atoms with Crippen molar-refractivity contribution in [3.05, 3.63) is 47.1 Å². The van der Waals surface area contributed by atoms with Crippen LogP contribution >= 0.6 is 23.2 Å². The summed E-state index contributed by atoms with van der Waals surface area (Å²) in [4.78, 5) is 21.6. The molecule has 2 aromatic carbocycles. The van der Waals surface area contributed by atoms with Crippen molar-refractivity contribution in [3.8, 4) is 28.4 Å². The normalized spacial score (nSPS) is 20.9. The number of carbonyl (C=O) groups excluding carboxylic acids is 1. The number of ether oxygens (including phenoxy) is 3. The first-order valence-corrected chi connectivity index (χ1v) is 14.3. The van der Waals surface area contributed by atoms with Gasteiger partial charge in [0.05, 0.1) is 36.9 Å². The Morgan fingerprint density at radius 1 is 0.950 bits per heavy atom. The fourth-order valence-corrected chi connectivity index (χ4v) is 6.60. The first kappa shape index (κ1) is 28.3. The van der Waals surface area contributed by atoms with E-state index in [1.807, 2.05) is 12.1 Å². The number of nitrogens with zero attached hydrogens (tertiary/aromatic N) is 2. The van der Waals surface area contributed by atoms with E-state index in [4.69, 9.17) is 42.4 Å². The summed E-state index contributed by atoms with van der Waals surface area (Å²) in [7, 11) is 4.65. The quantitative estimate of drug-likeness (QED) is 0.271. The summed E-state index contributed by atoms with van der Waals surface area (Å²) >= 11 is 13.4. The van der Waals surface area contributed by atoms with Crippen molar-refractivity contribution in [2.45, 2.75) is 50.6 Å². The SMILES string of the molecule is C=CC(=O)NC1CCC(C2CCC2)CC1Nc1ncc2cc(-c3c(Cl)c(OC)cc(OC)c3Cl)c(OC)cc2n1. The van der Waals surface area contributed by atoms with E-state index in [-0.39, 0.29) is 18.0 Å². The molecule has 2 saturated carbocycles. The summed E-state index contributed by atoms with van der Waals surface area (Å²) in [6, 6.07) is 5.37. The molecule has 0 spiro atoms. The van der Waals surface area contributed by atoms with Gasteiger partial charge in [0.1, 0.15) is 17.2 Å². The summed E-state index contributed by atoms with van der Waals surface area (Å²) in [6.45, 7) is 3.61. The number of fused-ring (bicyclic) bond motifs is 1. The van der Waals surface area contributed by atoms with Crippen molar-refractivity contribution in [1.29, 1.82) is 0 Å². The predicted octanol–water partition coefficient (Wildman–Crippen LogP) is 6.68. The second-order valence-electron chi connectivity index (χ2n) is 10.4. The highest BCUT2D eigenvalue weighted by Crippen LogP contribution is 2.49. The third-order valence-corrected chi connectivity index (χ3v) is 9.03. The van der Waals surface area contributed by atoms with Gasteiger partial charge in [-0.3, -0.25) is 4.79 Å². The number of methoxy groups -OCH3 is 3. The number of anilines is 1. The molecule has 3 aromatic rings. The van der Waals surface area contributed by atoms with Crippen LogP contribution in [0.1, 0.15) is 38.5 Å². The van der Waals surface area contributed by atoms with Crippen LogP contribution < -0.4 is 24.8 Å². The minimum absolute atomic E-state index is 0.0173. The molecule has 10 heteroatoms. The molecule has 0 saturated heterocycles. The van der Waals surface area contributed by atoms with Gasteiger partial charge >= 0.3 is 0 Å². The topological polar surface area (TPSA) is 94.6 Å². The van der Waals surface area contributed by atoms with E-state index < -0.39 is 0 Å². The number of nitrogens with one attached hydrogen (secondary N) is 2. The van der Waals surface area contributed by atoms with E-state index in [0.717, 1.165) is 30.6 Å². The first-order chi connectivity index (χ1) is 19.4. The summed E-state index contributed by atoms with van der Waals surface area (Å²) < 4.78 is 16.7. The molecule has 2 fully saturated rings. The zero-order valence-electron chi connectivity index (χ0n) is 22.9. The summed E-state index contributed by atoms with van der Waals surface area (Å²) in [6.07, 6.45) is 9.97. The lowest BCUT2D eigenvalue weighted by Crippen LogP contribution is -2.51. The lowest BCUT2D eigenvalue weighted by molar-refractivity contribution is -0.117. The summed E-state index contributed by atoms with van der Waals surface area (Å²) in [5, 5.41) is 8.10. The number of carbonyl (C=O) groups is 1. The van der Waals surface area contributed by atoms with Crippen molar-refractivity contribution in [1.82, 2.24) is 15.3 Å². The molecule has 1 amide bonds. The van der Waals surface area contributed by atoms with Gasteiger partial charge in [0.25, 0.3) is 0 Å². The van der Waals surface area contributed by atoms with Gasteiger partial charge in [-0.2, -0.15) is 0 Å². The molecule has 3 atom stereocenters. The van der Waals surface area contributed by atoms with Crippen molar-refractivity contribution < 1.29 is 19.0 Å². The highest BCUT2D eigenvalue weighted by Gasteiger charge is 2.37. The Balaban J connectivity index is 1.48. The van der Waals surface area contributed by atoms with E-state index >= 15 is 0 Å². The highest BCUT2D eigenvalue weighted by molar-refractivity contribution is 6.41. The number of aromatic nitrogens is 2. The molecular weight excluding hydrogens is 551 g/mol. The molecule has 5 rings (SSSR count). The van der Waals surface area contributed by atoms with Crippen LogP contribution in [0.4, 0.5) is 5.95 Å². The smallest absolute Gasteiger partial charge is 0.243 e. The van der Waals surface area contributed by atoms with Gasteiger partial charge in [-0.15, -0.1) is 0 Å². The second kappa shape index (κ2) is 12.1.